The highest BCUT2D eigenvalue weighted by molar-refractivity contribution is 7.92. The number of hydrogen-bond acceptors (Lipinski definition) is 3. The summed E-state index contributed by atoms with van der Waals surface area (Å²) >= 11 is 5.87. The Kier molecular flexibility index (Phi) is 5.75. The summed E-state index contributed by atoms with van der Waals surface area (Å²) in [4.78, 5) is 12.7. The minimum absolute atomic E-state index is 0.385. The molecule has 0 aliphatic carbocycles. The average molecular weight is 381 g/mol. The first-order valence-electron chi connectivity index (χ1n) is 7.73. The first-order valence-corrected chi connectivity index (χ1v) is 9.96. The summed E-state index contributed by atoms with van der Waals surface area (Å²) in [5, 5.41) is 3.30. The van der Waals surface area contributed by atoms with Crippen molar-refractivity contribution < 1.29 is 13.2 Å². The van der Waals surface area contributed by atoms with E-state index in [1.165, 1.54) is 0 Å². The van der Waals surface area contributed by atoms with Gasteiger partial charge in [0.2, 0.25) is 15.9 Å². The zero-order chi connectivity index (χ0) is 18.8. The third-order valence-electron chi connectivity index (χ3n) is 4.03. The number of halogens is 1. The summed E-state index contributed by atoms with van der Waals surface area (Å²) in [7, 11) is -3.66. The van der Waals surface area contributed by atoms with Gasteiger partial charge in [-0.15, -0.1) is 0 Å². The monoisotopic (exact) mass is 380 g/mol. The van der Waals surface area contributed by atoms with Crippen molar-refractivity contribution in [3.8, 4) is 0 Å². The Morgan fingerprint density at radius 2 is 1.72 bits per heavy atom. The predicted octanol–water partition coefficient (Wildman–Crippen LogP) is 3.75. The Balaban J connectivity index is 2.33. The molecule has 0 aromatic heterocycles. The summed E-state index contributed by atoms with van der Waals surface area (Å²) in [6, 6.07) is 11.0. The molecule has 0 heterocycles. The number of benzene rings is 2. The molecule has 2 aromatic carbocycles. The quantitative estimate of drug-likeness (QED) is 0.858. The Hall–Kier alpha value is -2.05. The molecule has 2 aromatic rings. The Labute approximate surface area is 153 Å². The predicted molar refractivity (Wildman–Crippen MR) is 103 cm³/mol. The van der Waals surface area contributed by atoms with Gasteiger partial charge in [0.25, 0.3) is 0 Å². The molecule has 2 rings (SSSR count). The van der Waals surface area contributed by atoms with Gasteiger partial charge in [-0.3, -0.25) is 9.10 Å². The van der Waals surface area contributed by atoms with E-state index < -0.39 is 22.0 Å². The van der Waals surface area contributed by atoms with Crippen LogP contribution in [0.25, 0.3) is 0 Å². The van der Waals surface area contributed by atoms with E-state index in [0.29, 0.717) is 16.4 Å². The van der Waals surface area contributed by atoms with Gasteiger partial charge in [-0.05, 0) is 62.2 Å². The highest BCUT2D eigenvalue weighted by Gasteiger charge is 2.29. The van der Waals surface area contributed by atoms with E-state index in [-0.39, 0.29) is 0 Å². The summed E-state index contributed by atoms with van der Waals surface area (Å²) in [6.07, 6.45) is 1.07. The van der Waals surface area contributed by atoms with Crippen LogP contribution in [0, 0.1) is 13.8 Å². The number of sulfonamides is 1. The minimum atomic E-state index is -3.66. The second-order valence-corrected chi connectivity index (χ2v) is 8.24. The molecule has 134 valence electrons. The van der Waals surface area contributed by atoms with Gasteiger partial charge < -0.3 is 5.32 Å². The maximum absolute atomic E-state index is 12.7. The van der Waals surface area contributed by atoms with Crippen molar-refractivity contribution >= 4 is 38.9 Å². The van der Waals surface area contributed by atoms with Crippen molar-refractivity contribution in [1.82, 2.24) is 0 Å². The molecule has 1 amide bonds. The fraction of sp³-hybridized carbons (Fsp3) is 0.278. The molecule has 7 heteroatoms. The van der Waals surface area contributed by atoms with Gasteiger partial charge in [-0.2, -0.15) is 0 Å². The molecule has 0 bridgehead atoms. The number of anilines is 2. The molecule has 0 aliphatic rings. The number of nitrogens with zero attached hydrogens (tertiary/aromatic N) is 1. The SMILES string of the molecule is Cc1cccc(NC(=O)[C@@H](C)N(c2ccc(Cl)cc2)S(C)(=O)=O)c1C. The van der Waals surface area contributed by atoms with Crippen molar-refractivity contribution in [3.63, 3.8) is 0 Å². The molecule has 1 N–H and O–H groups in total. The van der Waals surface area contributed by atoms with E-state index in [1.54, 1.807) is 37.3 Å². The number of aryl methyl sites for hydroxylation is 1. The fourth-order valence-electron chi connectivity index (χ4n) is 2.52. The van der Waals surface area contributed by atoms with Crippen molar-refractivity contribution in [2.24, 2.45) is 0 Å². The van der Waals surface area contributed by atoms with Crippen LogP contribution in [0.1, 0.15) is 18.1 Å². The lowest BCUT2D eigenvalue weighted by molar-refractivity contribution is -0.116. The lowest BCUT2D eigenvalue weighted by Gasteiger charge is -2.28. The molecule has 1 atom stereocenters. The molecule has 0 spiro atoms. The van der Waals surface area contributed by atoms with Crippen molar-refractivity contribution in [2.75, 3.05) is 15.9 Å². The van der Waals surface area contributed by atoms with Gasteiger partial charge in [0, 0.05) is 10.7 Å². The number of hydrogen-bond donors (Lipinski definition) is 1. The topological polar surface area (TPSA) is 66.5 Å². The summed E-state index contributed by atoms with van der Waals surface area (Å²) < 4.78 is 25.6. The van der Waals surface area contributed by atoms with Crippen LogP contribution in [0.2, 0.25) is 5.02 Å². The second-order valence-electron chi connectivity index (χ2n) is 5.95. The number of nitrogens with one attached hydrogen (secondary N) is 1. The van der Waals surface area contributed by atoms with E-state index in [1.807, 2.05) is 26.0 Å². The van der Waals surface area contributed by atoms with E-state index in [2.05, 4.69) is 5.32 Å². The van der Waals surface area contributed by atoms with Crippen LogP contribution in [0.15, 0.2) is 42.5 Å². The molecule has 0 fully saturated rings. The van der Waals surface area contributed by atoms with Crippen molar-refractivity contribution in [2.45, 2.75) is 26.8 Å². The van der Waals surface area contributed by atoms with Gasteiger partial charge >= 0.3 is 0 Å². The maximum Gasteiger partial charge on any atom is 0.248 e. The molecule has 0 radical (unpaired) electrons. The molecular formula is C18H21ClN2O3S. The van der Waals surface area contributed by atoms with Gasteiger partial charge in [0.15, 0.2) is 0 Å². The second kappa shape index (κ2) is 7.45. The van der Waals surface area contributed by atoms with Crippen molar-refractivity contribution in [3.05, 3.63) is 58.6 Å². The third-order valence-corrected chi connectivity index (χ3v) is 5.53. The largest absolute Gasteiger partial charge is 0.324 e. The average Bonchev–Trinajstić information content (AvgIpc) is 2.52. The normalized spacial score (nSPS) is 12.5. The number of rotatable bonds is 5. The van der Waals surface area contributed by atoms with Crippen LogP contribution in [0.5, 0.6) is 0 Å². The van der Waals surface area contributed by atoms with Crippen molar-refractivity contribution in [1.29, 1.82) is 0 Å². The van der Waals surface area contributed by atoms with E-state index >= 15 is 0 Å². The minimum Gasteiger partial charge on any atom is -0.324 e. The zero-order valence-corrected chi connectivity index (χ0v) is 16.1. The van der Waals surface area contributed by atoms with Gasteiger partial charge in [0.1, 0.15) is 6.04 Å². The van der Waals surface area contributed by atoms with Crippen LogP contribution in [-0.2, 0) is 14.8 Å². The Bertz CT molecular complexity index is 880. The molecule has 0 aliphatic heterocycles. The first-order chi connectivity index (χ1) is 11.6. The maximum atomic E-state index is 12.7. The van der Waals surface area contributed by atoms with E-state index in [0.717, 1.165) is 21.7 Å². The molecule has 0 saturated heterocycles. The lowest BCUT2D eigenvalue weighted by atomic mass is 10.1. The molecule has 5 nitrogen and oxygen atoms in total. The van der Waals surface area contributed by atoms with Crippen LogP contribution >= 0.6 is 11.6 Å². The summed E-state index contributed by atoms with van der Waals surface area (Å²) in [6.45, 7) is 5.41. The number of amides is 1. The Morgan fingerprint density at radius 1 is 1.12 bits per heavy atom. The van der Waals surface area contributed by atoms with Crippen LogP contribution in [-0.4, -0.2) is 26.6 Å². The van der Waals surface area contributed by atoms with Gasteiger partial charge in [-0.25, -0.2) is 8.42 Å². The van der Waals surface area contributed by atoms with Crippen LogP contribution in [0.3, 0.4) is 0 Å². The zero-order valence-electron chi connectivity index (χ0n) is 14.6. The summed E-state index contributed by atoms with van der Waals surface area (Å²) in [5.41, 5.74) is 3.04. The number of carbonyl (C=O) groups excluding carboxylic acids is 1. The molecule has 25 heavy (non-hydrogen) atoms. The highest BCUT2D eigenvalue weighted by Crippen LogP contribution is 2.24. The van der Waals surface area contributed by atoms with E-state index in [4.69, 9.17) is 11.6 Å². The number of carbonyl (C=O) groups is 1. The van der Waals surface area contributed by atoms with Crippen LogP contribution in [0.4, 0.5) is 11.4 Å². The summed E-state index contributed by atoms with van der Waals surface area (Å²) in [5.74, 6) is -0.408. The highest BCUT2D eigenvalue weighted by atomic mass is 35.5. The van der Waals surface area contributed by atoms with Gasteiger partial charge in [-0.1, -0.05) is 23.7 Å². The lowest BCUT2D eigenvalue weighted by Crippen LogP contribution is -2.45. The Morgan fingerprint density at radius 3 is 2.28 bits per heavy atom. The molecule has 0 saturated carbocycles. The smallest absolute Gasteiger partial charge is 0.248 e. The standard InChI is InChI=1S/C18H21ClN2O3S/c1-12-6-5-7-17(13(12)2)20-18(22)14(3)21(25(4,23)24)16-10-8-15(19)9-11-16/h5-11,14H,1-4H3,(H,20,22)/t14-/m1/s1. The fourth-order valence-corrected chi connectivity index (χ4v) is 3.82. The van der Waals surface area contributed by atoms with Crippen LogP contribution < -0.4 is 9.62 Å². The first kappa shape index (κ1) is 19.3. The third kappa shape index (κ3) is 4.52. The van der Waals surface area contributed by atoms with Gasteiger partial charge in [0.05, 0.1) is 11.9 Å². The molecular weight excluding hydrogens is 360 g/mol. The molecule has 0 unspecified atom stereocenters. The van der Waals surface area contributed by atoms with E-state index in [9.17, 15) is 13.2 Å².